The van der Waals surface area contributed by atoms with Crippen LogP contribution in [0.15, 0.2) is 85.4 Å². The molecule has 3 rings (SSSR count). The van der Waals surface area contributed by atoms with Crippen molar-refractivity contribution in [3.8, 4) is 11.5 Å². The zero-order valence-corrected chi connectivity index (χ0v) is 31.9. The molecule has 1 aliphatic carbocycles. The van der Waals surface area contributed by atoms with Gasteiger partial charge in [0, 0.05) is 17.7 Å². The Labute approximate surface area is 328 Å². The number of unbranched alkanes of at least 4 members (excludes halogenated alkanes) is 2. The van der Waals surface area contributed by atoms with Gasteiger partial charge in [-0.3, -0.25) is 4.79 Å². The van der Waals surface area contributed by atoms with Crippen molar-refractivity contribution in [3.63, 3.8) is 0 Å². The molecule has 57 heavy (non-hydrogen) atoms. The molecule has 2 aromatic rings. The number of hydrogen-bond acceptors (Lipinski definition) is 16. The SMILES string of the molecule is C=CC(=O)OCCCCOC(=O)Oc1ccc(C(=O)OC2(OC(=O)OCCCCOC(=O)C=C)C(OC)=CC(C(=O)O)C(c3ccccc3C)=C2OC)cc1OC. The summed E-state index contributed by atoms with van der Waals surface area (Å²) in [6.07, 6.45) is 2.02. The third-order valence-corrected chi connectivity index (χ3v) is 8.02. The largest absolute Gasteiger partial charge is 0.513 e. The van der Waals surface area contributed by atoms with Gasteiger partial charge in [-0.15, -0.1) is 0 Å². The summed E-state index contributed by atoms with van der Waals surface area (Å²) in [5, 5.41) is 10.3. The molecule has 2 aromatic carbocycles. The molecule has 17 heteroatoms. The van der Waals surface area contributed by atoms with Gasteiger partial charge in [0.2, 0.25) is 0 Å². The molecule has 1 N–H and O–H groups in total. The Balaban J connectivity index is 1.96. The number of aliphatic carboxylic acids is 1. The van der Waals surface area contributed by atoms with Crippen molar-refractivity contribution in [1.29, 1.82) is 0 Å². The van der Waals surface area contributed by atoms with Crippen molar-refractivity contribution in [2.75, 3.05) is 47.8 Å². The molecule has 1 aliphatic rings. The van der Waals surface area contributed by atoms with Crippen LogP contribution in [-0.4, -0.2) is 94.8 Å². The molecule has 0 saturated carbocycles. The van der Waals surface area contributed by atoms with Crippen molar-refractivity contribution in [3.05, 3.63) is 102 Å². The third kappa shape index (κ3) is 12.1. The van der Waals surface area contributed by atoms with Gasteiger partial charge < -0.3 is 52.5 Å². The average molecular weight is 797 g/mol. The van der Waals surface area contributed by atoms with Crippen LogP contribution in [0.2, 0.25) is 0 Å². The first kappa shape index (κ1) is 44.6. The number of methoxy groups -OCH3 is 3. The van der Waals surface area contributed by atoms with E-state index in [0.717, 1.165) is 25.3 Å². The fourth-order valence-corrected chi connectivity index (χ4v) is 5.31. The molecular weight excluding hydrogens is 752 g/mol. The maximum Gasteiger partial charge on any atom is 0.513 e. The maximum absolute atomic E-state index is 14.0. The molecule has 0 heterocycles. The van der Waals surface area contributed by atoms with Crippen molar-refractivity contribution in [2.45, 2.75) is 38.4 Å². The highest BCUT2D eigenvalue weighted by Crippen LogP contribution is 2.47. The summed E-state index contributed by atoms with van der Waals surface area (Å²) < 4.78 is 53.7. The van der Waals surface area contributed by atoms with Crippen molar-refractivity contribution < 1.29 is 81.2 Å². The minimum Gasteiger partial charge on any atom is -0.493 e. The van der Waals surface area contributed by atoms with Crippen LogP contribution in [0.25, 0.3) is 5.57 Å². The number of benzene rings is 2. The highest BCUT2D eigenvalue weighted by molar-refractivity contribution is 5.95. The molecule has 0 aliphatic heterocycles. The fourth-order valence-electron chi connectivity index (χ4n) is 5.31. The lowest BCUT2D eigenvalue weighted by Gasteiger charge is -2.38. The number of rotatable bonds is 21. The second-order valence-electron chi connectivity index (χ2n) is 11.7. The van der Waals surface area contributed by atoms with Crippen molar-refractivity contribution in [2.24, 2.45) is 5.92 Å². The van der Waals surface area contributed by atoms with Crippen LogP contribution in [0.3, 0.4) is 0 Å². The van der Waals surface area contributed by atoms with Gasteiger partial charge in [-0.05, 0) is 68.0 Å². The van der Waals surface area contributed by atoms with Gasteiger partial charge >= 0.3 is 42.0 Å². The summed E-state index contributed by atoms with van der Waals surface area (Å²) >= 11 is 0. The Morgan fingerprint density at radius 2 is 1.30 bits per heavy atom. The Morgan fingerprint density at radius 3 is 1.82 bits per heavy atom. The molecule has 2 unspecified atom stereocenters. The molecule has 0 bridgehead atoms. The van der Waals surface area contributed by atoms with E-state index in [0.29, 0.717) is 30.4 Å². The van der Waals surface area contributed by atoms with Crippen LogP contribution in [0.4, 0.5) is 9.59 Å². The molecule has 0 fully saturated rings. The van der Waals surface area contributed by atoms with Gasteiger partial charge in [0.1, 0.15) is 5.92 Å². The van der Waals surface area contributed by atoms with Gasteiger partial charge in [0.25, 0.3) is 0 Å². The van der Waals surface area contributed by atoms with Crippen LogP contribution in [0, 0.1) is 12.8 Å². The first-order valence-electron chi connectivity index (χ1n) is 17.4. The Kier molecular flexibility index (Phi) is 17.2. The standard InChI is InChI=1S/C40H44O17/c1-7-32(41)51-19-11-13-21-53-38(46)55-29-18-17-26(23-30(29)48-4)37(45)56-40(57-39(47)54-22-14-12-20-52-33(42)8-2)31(49-5)24-28(36(43)44)34(35(40)50-6)27-16-10-9-15-25(27)3/h7-10,15-18,23-24,28H,1-2,11-14,19-22H2,3-6H3,(H,43,44). The number of hydrogen-bond donors (Lipinski definition) is 1. The van der Waals surface area contributed by atoms with E-state index >= 15 is 0 Å². The minimum absolute atomic E-state index is 0.0221. The second kappa shape index (κ2) is 21.9. The molecule has 0 radical (unpaired) electrons. The molecule has 0 aromatic heterocycles. The predicted molar refractivity (Wildman–Crippen MR) is 198 cm³/mol. The van der Waals surface area contributed by atoms with E-state index in [1.54, 1.807) is 31.2 Å². The Morgan fingerprint density at radius 1 is 0.719 bits per heavy atom. The van der Waals surface area contributed by atoms with E-state index in [4.69, 9.17) is 47.4 Å². The summed E-state index contributed by atoms with van der Waals surface area (Å²) in [7, 11) is 3.56. The molecule has 306 valence electrons. The predicted octanol–water partition coefficient (Wildman–Crippen LogP) is 5.85. The lowest BCUT2D eigenvalue weighted by atomic mass is 9.82. The topological polar surface area (TPSA) is 215 Å². The summed E-state index contributed by atoms with van der Waals surface area (Å²) in [6.45, 7) is 8.20. The Bertz CT molecular complexity index is 1880. The third-order valence-electron chi connectivity index (χ3n) is 8.02. The van der Waals surface area contributed by atoms with Crippen molar-refractivity contribution in [1.82, 2.24) is 0 Å². The molecule has 0 spiro atoms. The number of carbonyl (C=O) groups is 6. The first-order valence-corrected chi connectivity index (χ1v) is 17.4. The molecule has 17 nitrogen and oxygen atoms in total. The molecule has 2 atom stereocenters. The lowest BCUT2D eigenvalue weighted by molar-refractivity contribution is -0.173. The Hall–Kier alpha value is -6.78. The number of esters is 3. The van der Waals surface area contributed by atoms with Crippen LogP contribution >= 0.6 is 0 Å². The number of carboxylic acid groups (broad SMARTS) is 1. The highest BCUT2D eigenvalue weighted by Gasteiger charge is 2.56. The van der Waals surface area contributed by atoms with Crippen LogP contribution < -0.4 is 9.47 Å². The van der Waals surface area contributed by atoms with E-state index < -0.39 is 59.4 Å². The summed E-state index contributed by atoms with van der Waals surface area (Å²) in [4.78, 5) is 75.0. The van der Waals surface area contributed by atoms with Gasteiger partial charge in [0.15, 0.2) is 23.0 Å². The smallest absolute Gasteiger partial charge is 0.493 e. The highest BCUT2D eigenvalue weighted by atomic mass is 16.8. The van der Waals surface area contributed by atoms with Gasteiger partial charge in [-0.2, -0.15) is 0 Å². The lowest BCUT2D eigenvalue weighted by Crippen LogP contribution is -2.48. The molecule has 0 saturated heterocycles. The maximum atomic E-state index is 14.0. The van der Waals surface area contributed by atoms with Gasteiger partial charge in [0.05, 0.1) is 53.3 Å². The van der Waals surface area contributed by atoms with Crippen molar-refractivity contribution >= 4 is 41.8 Å². The van der Waals surface area contributed by atoms with Crippen LogP contribution in [0.5, 0.6) is 11.5 Å². The van der Waals surface area contributed by atoms with Crippen LogP contribution in [0.1, 0.15) is 47.2 Å². The monoisotopic (exact) mass is 796 g/mol. The average Bonchev–Trinajstić information content (AvgIpc) is 3.20. The summed E-state index contributed by atoms with van der Waals surface area (Å²) in [6, 6.07) is 10.3. The quantitative estimate of drug-likeness (QED) is 0.0392. The number of ether oxygens (including phenoxy) is 10. The van der Waals surface area contributed by atoms with Gasteiger partial charge in [-0.25, -0.2) is 24.0 Å². The van der Waals surface area contributed by atoms with E-state index in [1.807, 2.05) is 0 Å². The fraction of sp³-hybridized carbons (Fsp3) is 0.350. The number of aryl methyl sites for hydroxylation is 1. The number of carboxylic acids is 1. The minimum atomic E-state index is -2.70. The molecule has 0 amide bonds. The normalized spacial score (nSPS) is 15.8. The zero-order valence-electron chi connectivity index (χ0n) is 31.9. The van der Waals surface area contributed by atoms with Crippen LogP contribution in [-0.2, 0) is 52.3 Å². The van der Waals surface area contributed by atoms with E-state index in [9.17, 15) is 33.9 Å². The first-order chi connectivity index (χ1) is 27.3. The molecular formula is C40H44O17. The van der Waals surface area contributed by atoms with E-state index in [1.165, 1.54) is 32.4 Å². The van der Waals surface area contributed by atoms with Gasteiger partial charge in [-0.1, -0.05) is 37.4 Å². The second-order valence-corrected chi connectivity index (χ2v) is 11.7. The number of carbonyl (C=O) groups excluding carboxylic acids is 5. The van der Waals surface area contributed by atoms with E-state index in [-0.39, 0.29) is 55.5 Å². The summed E-state index contributed by atoms with van der Waals surface area (Å²) in [5.41, 5.74) is 0.739. The summed E-state index contributed by atoms with van der Waals surface area (Å²) in [5.74, 6) is -8.91. The zero-order chi connectivity index (χ0) is 42.0. The van der Waals surface area contributed by atoms with E-state index in [2.05, 4.69) is 13.2 Å².